The van der Waals surface area contributed by atoms with Crippen molar-refractivity contribution in [1.29, 1.82) is 0 Å². The van der Waals surface area contributed by atoms with Gasteiger partial charge in [0, 0.05) is 18.6 Å². The second-order valence-electron chi connectivity index (χ2n) is 3.91. The summed E-state index contributed by atoms with van der Waals surface area (Å²) in [6.45, 7) is -0.344. The molecule has 1 rings (SSSR count). The van der Waals surface area contributed by atoms with E-state index in [4.69, 9.17) is 4.74 Å². The highest BCUT2D eigenvalue weighted by atomic mass is 19.4. The molecule has 0 radical (unpaired) electrons. The third-order valence-corrected chi connectivity index (χ3v) is 2.37. The number of nitro benzene ring substituents is 1. The Labute approximate surface area is 110 Å². The quantitative estimate of drug-likeness (QED) is 0.346. The number of nitro groups is 1. The van der Waals surface area contributed by atoms with Gasteiger partial charge in [0.25, 0.3) is 5.69 Å². The first-order valence-electron chi connectivity index (χ1n) is 5.45. The number of ether oxygens (including phenoxy) is 1. The standard InChI is InChI=1S/C11H10F5NO3/c12-10(13,11(14,15)16)6-1-7-20-9-4-2-8(3-5-9)17(18)19/h2-5H,1,6-7H2. The number of benzene rings is 1. The van der Waals surface area contributed by atoms with Gasteiger partial charge < -0.3 is 4.74 Å². The predicted octanol–water partition coefficient (Wildman–Crippen LogP) is 3.95. The van der Waals surface area contributed by atoms with Crippen LogP contribution in [0.25, 0.3) is 0 Å². The second kappa shape index (κ2) is 6.02. The van der Waals surface area contributed by atoms with Crippen LogP contribution in [0.2, 0.25) is 0 Å². The Morgan fingerprint density at radius 2 is 1.65 bits per heavy atom. The van der Waals surface area contributed by atoms with E-state index < -0.39 is 29.9 Å². The van der Waals surface area contributed by atoms with Crippen LogP contribution in [0.4, 0.5) is 27.6 Å². The number of rotatable bonds is 6. The van der Waals surface area contributed by atoms with Crippen LogP contribution in [-0.2, 0) is 0 Å². The van der Waals surface area contributed by atoms with Crippen LogP contribution in [0.1, 0.15) is 12.8 Å². The van der Waals surface area contributed by atoms with Crippen molar-refractivity contribution < 1.29 is 31.6 Å². The molecule has 0 fully saturated rings. The van der Waals surface area contributed by atoms with Crippen LogP contribution in [0.15, 0.2) is 24.3 Å². The lowest BCUT2D eigenvalue weighted by Crippen LogP contribution is -2.36. The minimum absolute atomic E-state index is 0.158. The molecule has 0 aromatic heterocycles. The molecular formula is C11H10F5NO3. The van der Waals surface area contributed by atoms with Crippen molar-refractivity contribution in [1.82, 2.24) is 0 Å². The molecule has 0 saturated heterocycles. The summed E-state index contributed by atoms with van der Waals surface area (Å²) in [6, 6.07) is 4.75. The number of halogens is 5. The third-order valence-electron chi connectivity index (χ3n) is 2.37. The summed E-state index contributed by atoms with van der Waals surface area (Å²) in [7, 11) is 0. The third kappa shape index (κ3) is 4.32. The highest BCUT2D eigenvalue weighted by Crippen LogP contribution is 2.38. The average Bonchev–Trinajstić information content (AvgIpc) is 2.34. The molecule has 1 aromatic carbocycles. The van der Waals surface area contributed by atoms with Gasteiger partial charge in [0.15, 0.2) is 0 Å². The Morgan fingerprint density at radius 1 is 1.10 bits per heavy atom. The summed E-state index contributed by atoms with van der Waals surface area (Å²) < 4.78 is 65.6. The van der Waals surface area contributed by atoms with E-state index in [2.05, 4.69) is 0 Å². The summed E-state index contributed by atoms with van der Waals surface area (Å²) in [5.41, 5.74) is -0.180. The predicted molar refractivity (Wildman–Crippen MR) is 58.8 cm³/mol. The molecule has 0 aliphatic rings. The molecule has 0 spiro atoms. The van der Waals surface area contributed by atoms with Gasteiger partial charge in [-0.2, -0.15) is 22.0 Å². The zero-order valence-corrected chi connectivity index (χ0v) is 9.99. The van der Waals surface area contributed by atoms with Crippen molar-refractivity contribution in [3.8, 4) is 5.75 Å². The van der Waals surface area contributed by atoms with Gasteiger partial charge in [0.2, 0.25) is 0 Å². The Hall–Kier alpha value is -1.93. The van der Waals surface area contributed by atoms with Crippen LogP contribution in [-0.4, -0.2) is 23.6 Å². The van der Waals surface area contributed by atoms with E-state index in [-0.39, 0.29) is 18.0 Å². The molecule has 112 valence electrons. The van der Waals surface area contributed by atoms with Gasteiger partial charge in [0.05, 0.1) is 11.5 Å². The minimum Gasteiger partial charge on any atom is -0.494 e. The number of alkyl halides is 5. The van der Waals surface area contributed by atoms with E-state index in [0.717, 1.165) is 12.1 Å². The van der Waals surface area contributed by atoms with Gasteiger partial charge >= 0.3 is 12.1 Å². The second-order valence-corrected chi connectivity index (χ2v) is 3.91. The summed E-state index contributed by atoms with van der Waals surface area (Å²) in [5, 5.41) is 10.4. The summed E-state index contributed by atoms with van der Waals surface area (Å²) in [5.74, 6) is -4.59. The zero-order valence-electron chi connectivity index (χ0n) is 9.99. The van der Waals surface area contributed by atoms with Crippen molar-refractivity contribution in [3.63, 3.8) is 0 Å². The van der Waals surface area contributed by atoms with Crippen LogP contribution in [0.5, 0.6) is 5.75 Å². The Balaban J connectivity index is 2.40. The summed E-state index contributed by atoms with van der Waals surface area (Å²) in [4.78, 5) is 9.72. The van der Waals surface area contributed by atoms with E-state index in [0.29, 0.717) is 0 Å². The summed E-state index contributed by atoms with van der Waals surface area (Å²) in [6.07, 6.45) is -7.44. The van der Waals surface area contributed by atoms with Crippen LogP contribution >= 0.6 is 0 Å². The highest BCUT2D eigenvalue weighted by molar-refractivity contribution is 5.35. The monoisotopic (exact) mass is 299 g/mol. The van der Waals surface area contributed by atoms with Crippen LogP contribution in [0.3, 0.4) is 0 Å². The molecule has 0 aliphatic carbocycles. The van der Waals surface area contributed by atoms with E-state index in [9.17, 15) is 32.1 Å². The van der Waals surface area contributed by atoms with Gasteiger partial charge in [0.1, 0.15) is 5.75 Å². The van der Waals surface area contributed by atoms with Crippen molar-refractivity contribution in [2.75, 3.05) is 6.61 Å². The van der Waals surface area contributed by atoms with Gasteiger partial charge in [-0.05, 0) is 18.6 Å². The molecular weight excluding hydrogens is 289 g/mol. The first kappa shape index (κ1) is 16.1. The van der Waals surface area contributed by atoms with Crippen LogP contribution in [0, 0.1) is 10.1 Å². The zero-order chi connectivity index (χ0) is 15.4. The number of nitrogens with zero attached hydrogens (tertiary/aromatic N) is 1. The largest absolute Gasteiger partial charge is 0.494 e. The van der Waals surface area contributed by atoms with E-state index >= 15 is 0 Å². The lowest BCUT2D eigenvalue weighted by molar-refractivity contribution is -0.384. The van der Waals surface area contributed by atoms with Crippen molar-refractivity contribution in [2.45, 2.75) is 24.9 Å². The molecule has 0 N–H and O–H groups in total. The van der Waals surface area contributed by atoms with E-state index in [1.807, 2.05) is 0 Å². The number of hydrogen-bond acceptors (Lipinski definition) is 3. The average molecular weight is 299 g/mol. The Kier molecular flexibility index (Phi) is 4.85. The molecule has 9 heteroatoms. The van der Waals surface area contributed by atoms with Gasteiger partial charge in [-0.1, -0.05) is 0 Å². The van der Waals surface area contributed by atoms with Crippen LogP contribution < -0.4 is 4.74 Å². The molecule has 0 bridgehead atoms. The summed E-state index contributed by atoms with van der Waals surface area (Å²) >= 11 is 0. The van der Waals surface area contributed by atoms with Crippen molar-refractivity contribution in [3.05, 3.63) is 34.4 Å². The van der Waals surface area contributed by atoms with Gasteiger partial charge in [-0.15, -0.1) is 0 Å². The fraction of sp³-hybridized carbons (Fsp3) is 0.455. The fourth-order valence-corrected chi connectivity index (χ4v) is 1.29. The maximum atomic E-state index is 12.5. The molecule has 0 unspecified atom stereocenters. The molecule has 4 nitrogen and oxygen atoms in total. The van der Waals surface area contributed by atoms with E-state index in [1.165, 1.54) is 12.1 Å². The molecule has 0 amide bonds. The SMILES string of the molecule is O=[N+]([O-])c1ccc(OCCCC(F)(F)C(F)(F)F)cc1. The minimum atomic E-state index is -5.57. The maximum Gasteiger partial charge on any atom is 0.453 e. The van der Waals surface area contributed by atoms with E-state index in [1.54, 1.807) is 0 Å². The highest BCUT2D eigenvalue weighted by Gasteiger charge is 2.56. The van der Waals surface area contributed by atoms with Gasteiger partial charge in [-0.3, -0.25) is 10.1 Å². The van der Waals surface area contributed by atoms with Crippen molar-refractivity contribution >= 4 is 5.69 Å². The molecule has 0 heterocycles. The lowest BCUT2D eigenvalue weighted by Gasteiger charge is -2.19. The Bertz CT molecular complexity index is 458. The first-order valence-corrected chi connectivity index (χ1v) is 5.45. The fourth-order valence-electron chi connectivity index (χ4n) is 1.29. The molecule has 1 aromatic rings. The first-order chi connectivity index (χ1) is 9.13. The topological polar surface area (TPSA) is 52.4 Å². The molecule has 0 saturated carbocycles. The lowest BCUT2D eigenvalue weighted by atomic mass is 10.2. The maximum absolute atomic E-state index is 12.5. The molecule has 0 atom stereocenters. The number of hydrogen-bond donors (Lipinski definition) is 0. The molecule has 0 aliphatic heterocycles. The molecule has 20 heavy (non-hydrogen) atoms. The van der Waals surface area contributed by atoms with Crippen molar-refractivity contribution in [2.24, 2.45) is 0 Å². The Morgan fingerprint density at radius 3 is 2.10 bits per heavy atom. The number of non-ortho nitro benzene ring substituents is 1. The van der Waals surface area contributed by atoms with Gasteiger partial charge in [-0.25, -0.2) is 0 Å². The smallest absolute Gasteiger partial charge is 0.453 e. The normalized spacial score (nSPS) is 12.2.